The average molecular weight is 482 g/mol. The van der Waals surface area contributed by atoms with Crippen LogP contribution in [0.25, 0.3) is 0 Å². The van der Waals surface area contributed by atoms with Gasteiger partial charge in [0.15, 0.2) is 0 Å². The Balaban J connectivity index is 1.57. The number of aromatic nitrogens is 1. The van der Waals surface area contributed by atoms with Gasteiger partial charge in [0.1, 0.15) is 5.75 Å². The molecule has 0 spiro atoms. The first-order valence-electron chi connectivity index (χ1n) is 11.6. The number of aryl methyl sites for hydroxylation is 1. The summed E-state index contributed by atoms with van der Waals surface area (Å²) < 4.78 is 40.5. The van der Waals surface area contributed by atoms with Crippen molar-refractivity contribution >= 4 is 15.7 Å². The van der Waals surface area contributed by atoms with Gasteiger partial charge >= 0.3 is 0 Å². The van der Waals surface area contributed by atoms with Gasteiger partial charge in [-0.1, -0.05) is 31.2 Å². The average Bonchev–Trinajstić information content (AvgIpc) is 2.84. The zero-order valence-electron chi connectivity index (χ0n) is 19.8. The summed E-state index contributed by atoms with van der Waals surface area (Å²) in [4.78, 5) is 7.02. The van der Waals surface area contributed by atoms with E-state index in [0.29, 0.717) is 36.8 Å². The second kappa shape index (κ2) is 10.5. The first-order chi connectivity index (χ1) is 16.4. The summed E-state index contributed by atoms with van der Waals surface area (Å²) in [6.07, 6.45) is 2.31. The maximum atomic E-state index is 13.0. The second-order valence-electron chi connectivity index (χ2n) is 8.34. The Morgan fingerprint density at radius 3 is 2.62 bits per heavy atom. The molecule has 3 aromatic rings. The summed E-state index contributed by atoms with van der Waals surface area (Å²) in [5, 5.41) is 0. The lowest BCUT2D eigenvalue weighted by Crippen LogP contribution is -2.36. The molecule has 8 heteroatoms. The highest BCUT2D eigenvalue weighted by Crippen LogP contribution is 2.32. The Morgan fingerprint density at radius 1 is 1.12 bits per heavy atom. The Kier molecular flexibility index (Phi) is 7.50. The third-order valence-electron chi connectivity index (χ3n) is 6.00. The van der Waals surface area contributed by atoms with Crippen LogP contribution >= 0.6 is 0 Å². The summed E-state index contributed by atoms with van der Waals surface area (Å²) in [6, 6.07) is 16.3. The monoisotopic (exact) mass is 481 g/mol. The summed E-state index contributed by atoms with van der Waals surface area (Å²) in [5.74, 6) is 1.18. The maximum Gasteiger partial charge on any atom is 0.241 e. The first-order valence-corrected chi connectivity index (χ1v) is 13.0. The smallest absolute Gasteiger partial charge is 0.241 e. The van der Waals surface area contributed by atoms with E-state index in [1.165, 1.54) is 0 Å². The van der Waals surface area contributed by atoms with Crippen molar-refractivity contribution in [2.45, 2.75) is 38.1 Å². The minimum absolute atomic E-state index is 0.283. The number of nitrogens with zero attached hydrogens (tertiary/aromatic N) is 2. The molecule has 1 saturated heterocycles. The van der Waals surface area contributed by atoms with Gasteiger partial charge in [0, 0.05) is 42.6 Å². The molecule has 0 amide bonds. The van der Waals surface area contributed by atoms with E-state index in [-0.39, 0.29) is 4.90 Å². The van der Waals surface area contributed by atoms with Crippen molar-refractivity contribution in [1.82, 2.24) is 9.71 Å². The summed E-state index contributed by atoms with van der Waals surface area (Å²) >= 11 is 0. The molecular formula is C26H31N3O4S. The largest absolute Gasteiger partial charge is 0.439 e. The quantitative estimate of drug-likeness (QED) is 0.506. The van der Waals surface area contributed by atoms with Gasteiger partial charge < -0.3 is 14.4 Å². The molecule has 1 fully saturated rings. The molecule has 2 heterocycles. The van der Waals surface area contributed by atoms with Crippen LogP contribution in [-0.2, 0) is 21.2 Å². The summed E-state index contributed by atoms with van der Waals surface area (Å²) in [7, 11) is -3.68. The SMILES string of the molecule is CCc1c(C(C)NS(=O)(=O)c2ccccc2C)ccnc1Oc1cccc(N2CCOCC2)c1. The van der Waals surface area contributed by atoms with E-state index >= 15 is 0 Å². The van der Waals surface area contributed by atoms with Gasteiger partial charge in [-0.25, -0.2) is 18.1 Å². The third kappa shape index (κ3) is 5.41. The topological polar surface area (TPSA) is 80.8 Å². The van der Waals surface area contributed by atoms with E-state index in [4.69, 9.17) is 9.47 Å². The summed E-state index contributed by atoms with van der Waals surface area (Å²) in [6.45, 7) is 8.76. The fourth-order valence-corrected chi connectivity index (χ4v) is 5.70. The van der Waals surface area contributed by atoms with E-state index in [1.54, 1.807) is 31.3 Å². The molecule has 0 saturated carbocycles. The lowest BCUT2D eigenvalue weighted by atomic mass is 10.0. The molecule has 1 atom stereocenters. The van der Waals surface area contributed by atoms with Gasteiger partial charge in [-0.05, 0) is 55.7 Å². The van der Waals surface area contributed by atoms with Gasteiger partial charge in [-0.2, -0.15) is 0 Å². The van der Waals surface area contributed by atoms with Crippen molar-refractivity contribution in [3.63, 3.8) is 0 Å². The Bertz CT molecular complexity index is 1240. The van der Waals surface area contributed by atoms with E-state index in [0.717, 1.165) is 29.9 Å². The Labute approximate surface area is 201 Å². The standard InChI is InChI=1S/C26H31N3O4S/c1-4-23-24(20(3)28-34(30,31)25-11-6-5-8-19(25)2)12-13-27-26(23)33-22-10-7-9-21(18-22)29-14-16-32-17-15-29/h5-13,18,20,28H,4,14-17H2,1-3H3. The van der Waals surface area contributed by atoms with Crippen molar-refractivity contribution in [3.05, 3.63) is 77.5 Å². The van der Waals surface area contributed by atoms with E-state index in [1.807, 2.05) is 44.2 Å². The van der Waals surface area contributed by atoms with E-state index in [9.17, 15) is 8.42 Å². The number of hydrogen-bond donors (Lipinski definition) is 1. The number of rotatable bonds is 8. The lowest BCUT2D eigenvalue weighted by Gasteiger charge is -2.29. The fraction of sp³-hybridized carbons (Fsp3) is 0.346. The van der Waals surface area contributed by atoms with Crippen LogP contribution < -0.4 is 14.4 Å². The van der Waals surface area contributed by atoms with Crippen LogP contribution in [0, 0.1) is 6.92 Å². The van der Waals surface area contributed by atoms with Gasteiger partial charge in [0.25, 0.3) is 0 Å². The zero-order valence-corrected chi connectivity index (χ0v) is 20.6. The zero-order chi connectivity index (χ0) is 24.1. The molecule has 34 heavy (non-hydrogen) atoms. The Hall–Kier alpha value is -2.94. The summed E-state index contributed by atoms with van der Waals surface area (Å²) in [5.41, 5.74) is 3.50. The normalized spacial score (nSPS) is 15.2. The molecule has 1 aliphatic heterocycles. The fourth-order valence-electron chi connectivity index (χ4n) is 4.23. The predicted octanol–water partition coefficient (Wildman–Crippen LogP) is 4.62. The number of ether oxygens (including phenoxy) is 2. The lowest BCUT2D eigenvalue weighted by molar-refractivity contribution is 0.122. The highest BCUT2D eigenvalue weighted by atomic mass is 32.2. The molecule has 180 valence electrons. The molecule has 0 aliphatic carbocycles. The van der Waals surface area contributed by atoms with Crippen molar-refractivity contribution in [1.29, 1.82) is 0 Å². The van der Waals surface area contributed by atoms with Crippen LogP contribution in [0.3, 0.4) is 0 Å². The molecule has 1 N–H and O–H groups in total. The van der Waals surface area contributed by atoms with Gasteiger partial charge in [0.05, 0.1) is 18.1 Å². The van der Waals surface area contributed by atoms with E-state index < -0.39 is 16.1 Å². The molecule has 2 aromatic carbocycles. The Morgan fingerprint density at radius 2 is 1.88 bits per heavy atom. The molecular weight excluding hydrogens is 450 g/mol. The van der Waals surface area contributed by atoms with Crippen LogP contribution in [-0.4, -0.2) is 39.7 Å². The predicted molar refractivity (Wildman–Crippen MR) is 133 cm³/mol. The van der Waals surface area contributed by atoms with Crippen molar-refractivity contribution in [3.8, 4) is 11.6 Å². The highest BCUT2D eigenvalue weighted by molar-refractivity contribution is 7.89. The van der Waals surface area contributed by atoms with Gasteiger partial charge in [-0.15, -0.1) is 0 Å². The molecule has 0 radical (unpaired) electrons. The number of benzene rings is 2. The number of sulfonamides is 1. The maximum absolute atomic E-state index is 13.0. The number of hydrogen-bond acceptors (Lipinski definition) is 6. The third-order valence-corrected chi connectivity index (χ3v) is 7.70. The molecule has 0 bridgehead atoms. The van der Waals surface area contributed by atoms with Gasteiger partial charge in [-0.3, -0.25) is 0 Å². The number of morpholine rings is 1. The van der Waals surface area contributed by atoms with E-state index in [2.05, 4.69) is 20.7 Å². The van der Waals surface area contributed by atoms with Crippen LogP contribution in [0.5, 0.6) is 11.6 Å². The van der Waals surface area contributed by atoms with Gasteiger partial charge in [0.2, 0.25) is 15.9 Å². The molecule has 4 rings (SSSR count). The van der Waals surface area contributed by atoms with Crippen LogP contribution in [0.2, 0.25) is 0 Å². The first kappa shape index (κ1) is 24.2. The molecule has 1 aliphatic rings. The number of pyridine rings is 1. The molecule has 1 unspecified atom stereocenters. The van der Waals surface area contributed by atoms with Crippen molar-refractivity contribution in [2.75, 3.05) is 31.2 Å². The van der Waals surface area contributed by atoms with Crippen LogP contribution in [0.1, 0.15) is 36.6 Å². The number of nitrogens with one attached hydrogen (secondary N) is 1. The second-order valence-corrected chi connectivity index (χ2v) is 10.0. The molecule has 7 nitrogen and oxygen atoms in total. The van der Waals surface area contributed by atoms with Crippen LogP contribution in [0.4, 0.5) is 5.69 Å². The minimum atomic E-state index is -3.68. The minimum Gasteiger partial charge on any atom is -0.439 e. The number of anilines is 1. The van der Waals surface area contributed by atoms with Crippen molar-refractivity contribution < 1.29 is 17.9 Å². The van der Waals surface area contributed by atoms with Crippen LogP contribution in [0.15, 0.2) is 65.7 Å². The van der Waals surface area contributed by atoms with Crippen molar-refractivity contribution in [2.24, 2.45) is 0 Å². The highest BCUT2D eigenvalue weighted by Gasteiger charge is 2.23. The molecule has 1 aromatic heterocycles.